The molecule has 1 aliphatic rings. The van der Waals surface area contributed by atoms with Crippen molar-refractivity contribution >= 4 is 0 Å². The lowest BCUT2D eigenvalue weighted by molar-refractivity contribution is 0.0390. The second-order valence-electron chi connectivity index (χ2n) is 6.11. The molecule has 0 aromatic rings. The van der Waals surface area contributed by atoms with Crippen LogP contribution in [0.5, 0.6) is 0 Å². The van der Waals surface area contributed by atoms with E-state index < -0.39 is 0 Å². The quantitative estimate of drug-likeness (QED) is 0.765. The van der Waals surface area contributed by atoms with Crippen molar-refractivity contribution in [1.29, 1.82) is 0 Å². The number of rotatable bonds is 6. The largest absolute Gasteiger partial charge is 0.315 e. The first-order valence-corrected chi connectivity index (χ1v) is 7.12. The first-order valence-electron chi connectivity index (χ1n) is 7.12. The van der Waals surface area contributed by atoms with Crippen molar-refractivity contribution in [3.63, 3.8) is 0 Å². The summed E-state index contributed by atoms with van der Waals surface area (Å²) in [5.74, 6) is 0. The van der Waals surface area contributed by atoms with Crippen LogP contribution in [0.3, 0.4) is 0 Å². The van der Waals surface area contributed by atoms with Gasteiger partial charge >= 0.3 is 0 Å². The maximum absolute atomic E-state index is 3.48. The minimum atomic E-state index is 0.339. The van der Waals surface area contributed by atoms with E-state index in [-0.39, 0.29) is 0 Å². The molecule has 0 aliphatic carbocycles. The van der Waals surface area contributed by atoms with Crippen molar-refractivity contribution in [2.45, 2.75) is 52.1 Å². The summed E-state index contributed by atoms with van der Waals surface area (Å²) in [7, 11) is 2.24. The molecule has 1 N–H and O–H groups in total. The van der Waals surface area contributed by atoms with Crippen molar-refractivity contribution in [2.75, 3.05) is 39.8 Å². The first kappa shape index (κ1) is 14.9. The monoisotopic (exact) mass is 241 g/mol. The summed E-state index contributed by atoms with van der Waals surface area (Å²) in [6, 6.07) is 0.667. The Morgan fingerprint density at radius 3 is 2.59 bits per heavy atom. The van der Waals surface area contributed by atoms with Gasteiger partial charge in [-0.3, -0.25) is 4.90 Å². The molecule has 1 fully saturated rings. The van der Waals surface area contributed by atoms with Crippen LogP contribution >= 0.6 is 0 Å². The zero-order chi connectivity index (χ0) is 12.9. The van der Waals surface area contributed by atoms with E-state index in [9.17, 15) is 0 Å². The van der Waals surface area contributed by atoms with Gasteiger partial charge in [0, 0.05) is 31.2 Å². The fourth-order valence-corrected chi connectivity index (χ4v) is 2.60. The van der Waals surface area contributed by atoms with Crippen molar-refractivity contribution in [3.8, 4) is 0 Å². The molecule has 1 aliphatic heterocycles. The van der Waals surface area contributed by atoms with Crippen LogP contribution in [-0.4, -0.2) is 61.2 Å². The van der Waals surface area contributed by atoms with Crippen molar-refractivity contribution in [1.82, 2.24) is 15.1 Å². The van der Waals surface area contributed by atoms with E-state index in [0.717, 1.165) is 6.54 Å². The van der Waals surface area contributed by atoms with Gasteiger partial charge in [-0.1, -0.05) is 6.92 Å². The summed E-state index contributed by atoms with van der Waals surface area (Å²) in [5, 5.41) is 3.48. The van der Waals surface area contributed by atoms with Gasteiger partial charge in [0.2, 0.25) is 0 Å². The molecule has 3 nitrogen and oxygen atoms in total. The van der Waals surface area contributed by atoms with Crippen LogP contribution in [0.4, 0.5) is 0 Å². The average molecular weight is 241 g/mol. The lowest BCUT2D eigenvalue weighted by Gasteiger charge is -2.45. The van der Waals surface area contributed by atoms with Crippen LogP contribution in [0.25, 0.3) is 0 Å². The summed E-state index contributed by atoms with van der Waals surface area (Å²) < 4.78 is 0. The first-order chi connectivity index (χ1) is 7.95. The second-order valence-corrected chi connectivity index (χ2v) is 6.11. The maximum atomic E-state index is 3.48. The normalized spacial score (nSPS) is 23.8. The van der Waals surface area contributed by atoms with Crippen molar-refractivity contribution < 1.29 is 0 Å². The van der Waals surface area contributed by atoms with E-state index in [4.69, 9.17) is 0 Å². The van der Waals surface area contributed by atoms with E-state index in [1.165, 1.54) is 39.0 Å². The third kappa shape index (κ3) is 4.94. The number of hydrogen-bond donors (Lipinski definition) is 1. The zero-order valence-electron chi connectivity index (χ0n) is 12.4. The Bertz CT molecular complexity index is 216. The molecule has 0 spiro atoms. The minimum Gasteiger partial charge on any atom is -0.315 e. The number of hydrogen-bond acceptors (Lipinski definition) is 3. The van der Waals surface area contributed by atoms with Gasteiger partial charge in [-0.05, 0) is 53.8 Å². The molecule has 0 amide bonds. The minimum absolute atomic E-state index is 0.339. The van der Waals surface area contributed by atoms with Crippen LogP contribution in [0.1, 0.15) is 40.5 Å². The molecule has 0 saturated carbocycles. The topological polar surface area (TPSA) is 18.5 Å². The number of nitrogens with one attached hydrogen (secondary N) is 1. The molecule has 1 unspecified atom stereocenters. The highest BCUT2D eigenvalue weighted by atomic mass is 15.3. The summed E-state index contributed by atoms with van der Waals surface area (Å²) in [6.45, 7) is 15.2. The van der Waals surface area contributed by atoms with Gasteiger partial charge in [0.1, 0.15) is 0 Å². The highest BCUT2D eigenvalue weighted by Crippen LogP contribution is 2.19. The van der Waals surface area contributed by atoms with Gasteiger partial charge < -0.3 is 10.2 Å². The summed E-state index contributed by atoms with van der Waals surface area (Å²) in [4.78, 5) is 5.10. The van der Waals surface area contributed by atoms with Gasteiger partial charge in [0.25, 0.3) is 0 Å². The smallest absolute Gasteiger partial charge is 0.0277 e. The van der Waals surface area contributed by atoms with E-state index in [0.29, 0.717) is 11.6 Å². The molecule has 1 heterocycles. The molecule has 0 bridgehead atoms. The summed E-state index contributed by atoms with van der Waals surface area (Å²) in [5.41, 5.74) is 0.339. The average Bonchev–Trinajstić information content (AvgIpc) is 2.23. The molecule has 1 rings (SSSR count). The molecule has 1 saturated heterocycles. The molecule has 1 atom stereocenters. The third-order valence-corrected chi connectivity index (χ3v) is 4.06. The molecular weight excluding hydrogens is 210 g/mol. The SMILES string of the molecule is CCNC(C)CCCN1CCN(C)C(C)(C)C1. The predicted octanol–water partition coefficient (Wildman–Crippen LogP) is 1.79. The number of nitrogens with zero attached hydrogens (tertiary/aromatic N) is 2. The second kappa shape index (κ2) is 6.72. The van der Waals surface area contributed by atoms with Crippen LogP contribution in [0, 0.1) is 0 Å². The van der Waals surface area contributed by atoms with Crippen LogP contribution in [0.15, 0.2) is 0 Å². The predicted molar refractivity (Wildman–Crippen MR) is 75.5 cm³/mol. The van der Waals surface area contributed by atoms with Gasteiger partial charge in [-0.15, -0.1) is 0 Å². The van der Waals surface area contributed by atoms with Gasteiger partial charge in [0.05, 0.1) is 0 Å². The highest BCUT2D eigenvalue weighted by Gasteiger charge is 2.30. The summed E-state index contributed by atoms with van der Waals surface area (Å²) in [6.07, 6.45) is 2.61. The Morgan fingerprint density at radius 2 is 2.00 bits per heavy atom. The third-order valence-electron chi connectivity index (χ3n) is 4.06. The lowest BCUT2D eigenvalue weighted by Crippen LogP contribution is -2.57. The van der Waals surface area contributed by atoms with Crippen molar-refractivity contribution in [2.24, 2.45) is 0 Å². The lowest BCUT2D eigenvalue weighted by atomic mass is 9.99. The van der Waals surface area contributed by atoms with Gasteiger partial charge in [0.15, 0.2) is 0 Å². The van der Waals surface area contributed by atoms with Crippen molar-refractivity contribution in [3.05, 3.63) is 0 Å². The van der Waals surface area contributed by atoms with Crippen LogP contribution in [0.2, 0.25) is 0 Å². The Kier molecular flexibility index (Phi) is 5.90. The highest BCUT2D eigenvalue weighted by molar-refractivity contribution is 4.88. The Hall–Kier alpha value is -0.120. The van der Waals surface area contributed by atoms with E-state index in [2.05, 4.69) is 49.9 Å². The maximum Gasteiger partial charge on any atom is 0.0277 e. The molecule has 0 aromatic heterocycles. The van der Waals surface area contributed by atoms with Crippen LogP contribution < -0.4 is 5.32 Å². The van der Waals surface area contributed by atoms with E-state index in [1.54, 1.807) is 0 Å². The molecule has 0 radical (unpaired) electrons. The van der Waals surface area contributed by atoms with Gasteiger partial charge in [-0.2, -0.15) is 0 Å². The van der Waals surface area contributed by atoms with Crippen LogP contribution in [-0.2, 0) is 0 Å². The van der Waals surface area contributed by atoms with Gasteiger partial charge in [-0.25, -0.2) is 0 Å². The standard InChI is InChI=1S/C14H31N3/c1-6-15-13(2)8-7-9-17-11-10-16(5)14(3,4)12-17/h13,15H,6-12H2,1-5H3. The molecular formula is C14H31N3. The molecule has 102 valence electrons. The number of piperazine rings is 1. The molecule has 3 heteroatoms. The Balaban J connectivity index is 2.20. The Morgan fingerprint density at radius 1 is 1.29 bits per heavy atom. The van der Waals surface area contributed by atoms with E-state index >= 15 is 0 Å². The number of likely N-dealkylation sites (N-methyl/N-ethyl adjacent to an activating group) is 1. The molecule has 17 heavy (non-hydrogen) atoms. The zero-order valence-corrected chi connectivity index (χ0v) is 12.4. The fraction of sp³-hybridized carbons (Fsp3) is 1.00. The Labute approximate surface area is 108 Å². The molecule has 0 aromatic carbocycles. The summed E-state index contributed by atoms with van der Waals surface area (Å²) >= 11 is 0. The van der Waals surface area contributed by atoms with E-state index in [1.807, 2.05) is 0 Å². The fourth-order valence-electron chi connectivity index (χ4n) is 2.60.